The molecule has 3 fully saturated rings. The highest BCUT2D eigenvalue weighted by Crippen LogP contribution is 2.40. The summed E-state index contributed by atoms with van der Waals surface area (Å²) in [5, 5.41) is 7.85. The second-order valence-corrected chi connectivity index (χ2v) is 9.89. The molecule has 1 aromatic carbocycles. The standard InChI is InChI=1S/C26H35N5O2/c32-25(19-29-13-15-30(16-14-29)26(33)17-20-7-3-1-4-8-20)27-24-18-23(21-11-12-21)28-31(24)22-9-5-2-6-10-22/h2,5-6,9-10,18,20-21H,1,3-4,7-8,11-17,19H2,(H,27,32). The van der Waals surface area contributed by atoms with Crippen molar-refractivity contribution in [3.63, 3.8) is 0 Å². The van der Waals surface area contributed by atoms with Crippen molar-refractivity contribution in [2.45, 2.75) is 57.3 Å². The number of nitrogens with zero attached hydrogens (tertiary/aromatic N) is 4. The van der Waals surface area contributed by atoms with Gasteiger partial charge >= 0.3 is 0 Å². The third-order valence-electron chi connectivity index (χ3n) is 7.27. The summed E-state index contributed by atoms with van der Waals surface area (Å²) < 4.78 is 1.84. The third kappa shape index (κ3) is 5.64. The van der Waals surface area contributed by atoms with Crippen LogP contribution in [-0.4, -0.2) is 64.1 Å². The molecular weight excluding hydrogens is 414 g/mol. The highest BCUT2D eigenvalue weighted by Gasteiger charge is 2.29. The minimum atomic E-state index is -0.0311. The molecule has 2 aliphatic carbocycles. The average molecular weight is 450 g/mol. The van der Waals surface area contributed by atoms with E-state index in [4.69, 9.17) is 5.10 Å². The first kappa shape index (κ1) is 22.1. The molecule has 176 valence electrons. The molecule has 0 atom stereocenters. The van der Waals surface area contributed by atoms with Gasteiger partial charge in [0.05, 0.1) is 17.9 Å². The number of carbonyl (C=O) groups excluding carboxylic acids is 2. The molecule has 33 heavy (non-hydrogen) atoms. The molecule has 7 nitrogen and oxygen atoms in total. The molecule has 7 heteroatoms. The number of rotatable bonds is 7. The van der Waals surface area contributed by atoms with Crippen LogP contribution >= 0.6 is 0 Å². The summed E-state index contributed by atoms with van der Waals surface area (Å²) in [6.07, 6.45) is 9.30. The van der Waals surface area contributed by atoms with Gasteiger partial charge in [-0.3, -0.25) is 14.5 Å². The van der Waals surface area contributed by atoms with Crippen LogP contribution in [0.1, 0.15) is 63.0 Å². The van der Waals surface area contributed by atoms with Gasteiger partial charge in [0.15, 0.2) is 0 Å². The van der Waals surface area contributed by atoms with Crippen LogP contribution < -0.4 is 5.32 Å². The first-order valence-electron chi connectivity index (χ1n) is 12.6. The zero-order valence-electron chi connectivity index (χ0n) is 19.4. The summed E-state index contributed by atoms with van der Waals surface area (Å²) >= 11 is 0. The van der Waals surface area contributed by atoms with Gasteiger partial charge < -0.3 is 10.2 Å². The summed E-state index contributed by atoms with van der Waals surface area (Å²) in [5.41, 5.74) is 2.00. The Morgan fingerprint density at radius 2 is 1.67 bits per heavy atom. The number of hydrogen-bond acceptors (Lipinski definition) is 4. The Morgan fingerprint density at radius 1 is 0.939 bits per heavy atom. The van der Waals surface area contributed by atoms with E-state index in [1.54, 1.807) is 0 Å². The van der Waals surface area contributed by atoms with Crippen LogP contribution in [0.3, 0.4) is 0 Å². The van der Waals surface area contributed by atoms with Gasteiger partial charge in [-0.15, -0.1) is 0 Å². The van der Waals surface area contributed by atoms with E-state index in [2.05, 4.69) is 10.2 Å². The van der Waals surface area contributed by atoms with Crippen LogP contribution in [0.2, 0.25) is 0 Å². The minimum Gasteiger partial charge on any atom is -0.340 e. The molecule has 2 saturated carbocycles. The van der Waals surface area contributed by atoms with Gasteiger partial charge in [-0.05, 0) is 43.7 Å². The van der Waals surface area contributed by atoms with Crippen molar-refractivity contribution in [2.75, 3.05) is 38.0 Å². The normalized spacial score (nSPS) is 20.1. The summed E-state index contributed by atoms with van der Waals surface area (Å²) in [4.78, 5) is 29.7. The Kier molecular flexibility index (Phi) is 6.76. The summed E-state index contributed by atoms with van der Waals surface area (Å²) in [7, 11) is 0. The molecular formula is C26H35N5O2. The predicted molar refractivity (Wildman–Crippen MR) is 128 cm³/mol. The topological polar surface area (TPSA) is 70.5 Å². The number of aromatic nitrogens is 2. The first-order chi connectivity index (χ1) is 16.2. The number of amides is 2. The van der Waals surface area contributed by atoms with E-state index in [9.17, 15) is 9.59 Å². The van der Waals surface area contributed by atoms with E-state index < -0.39 is 0 Å². The molecule has 2 aromatic rings. The molecule has 0 unspecified atom stereocenters. The lowest BCUT2D eigenvalue weighted by Gasteiger charge is -2.35. The van der Waals surface area contributed by atoms with Crippen LogP contribution in [0.25, 0.3) is 5.69 Å². The molecule has 2 amide bonds. The molecule has 0 spiro atoms. The van der Waals surface area contributed by atoms with Crippen molar-refractivity contribution >= 4 is 17.6 Å². The van der Waals surface area contributed by atoms with Gasteiger partial charge in [0.2, 0.25) is 11.8 Å². The third-order valence-corrected chi connectivity index (χ3v) is 7.27. The lowest BCUT2D eigenvalue weighted by molar-refractivity contribution is -0.134. The Bertz CT molecular complexity index is 954. The molecule has 5 rings (SSSR count). The highest BCUT2D eigenvalue weighted by molar-refractivity contribution is 5.91. The van der Waals surface area contributed by atoms with E-state index in [1.807, 2.05) is 46.0 Å². The van der Waals surface area contributed by atoms with Crippen LogP contribution in [0, 0.1) is 5.92 Å². The monoisotopic (exact) mass is 449 g/mol. The van der Waals surface area contributed by atoms with Gasteiger partial charge in [0, 0.05) is 44.6 Å². The lowest BCUT2D eigenvalue weighted by atomic mass is 9.86. The Balaban J connectivity index is 1.13. The summed E-state index contributed by atoms with van der Waals surface area (Å²) in [6.45, 7) is 3.26. The number of nitrogens with one attached hydrogen (secondary N) is 1. The van der Waals surface area contributed by atoms with Crippen molar-refractivity contribution in [3.8, 4) is 5.69 Å². The van der Waals surface area contributed by atoms with E-state index in [1.165, 1.54) is 44.9 Å². The van der Waals surface area contributed by atoms with Crippen LogP contribution in [0.15, 0.2) is 36.4 Å². The largest absolute Gasteiger partial charge is 0.340 e. The van der Waals surface area contributed by atoms with E-state index in [0.29, 0.717) is 43.8 Å². The van der Waals surface area contributed by atoms with Gasteiger partial charge in [-0.2, -0.15) is 5.10 Å². The maximum Gasteiger partial charge on any atom is 0.239 e. The molecule has 0 radical (unpaired) electrons. The molecule has 0 bridgehead atoms. The van der Waals surface area contributed by atoms with Crippen molar-refractivity contribution in [1.29, 1.82) is 0 Å². The highest BCUT2D eigenvalue weighted by atomic mass is 16.2. The number of para-hydroxylation sites is 1. The fourth-order valence-corrected chi connectivity index (χ4v) is 5.14. The first-order valence-corrected chi connectivity index (χ1v) is 12.6. The quantitative estimate of drug-likeness (QED) is 0.698. The van der Waals surface area contributed by atoms with E-state index in [0.717, 1.165) is 30.3 Å². The fourth-order valence-electron chi connectivity index (χ4n) is 5.14. The number of hydrogen-bond donors (Lipinski definition) is 1. The average Bonchev–Trinajstić information content (AvgIpc) is 3.61. The second-order valence-electron chi connectivity index (χ2n) is 9.89. The van der Waals surface area contributed by atoms with Gasteiger partial charge in [0.1, 0.15) is 5.82 Å². The van der Waals surface area contributed by atoms with E-state index in [-0.39, 0.29) is 5.91 Å². The maximum absolute atomic E-state index is 12.9. The second kappa shape index (κ2) is 10.1. The Hall–Kier alpha value is -2.67. The SMILES string of the molecule is O=C(CN1CCN(C(=O)CC2CCCCC2)CC1)Nc1cc(C2CC2)nn1-c1ccccc1. The van der Waals surface area contributed by atoms with Crippen LogP contribution in [0.5, 0.6) is 0 Å². The predicted octanol–water partition coefficient (Wildman–Crippen LogP) is 3.80. The van der Waals surface area contributed by atoms with Crippen LogP contribution in [-0.2, 0) is 9.59 Å². The fraction of sp³-hybridized carbons (Fsp3) is 0.577. The molecule has 3 aliphatic rings. The minimum absolute atomic E-state index is 0.0311. The number of benzene rings is 1. The van der Waals surface area contributed by atoms with Gasteiger partial charge in [0.25, 0.3) is 0 Å². The molecule has 1 saturated heterocycles. The van der Waals surface area contributed by atoms with Crippen molar-refractivity contribution in [2.24, 2.45) is 5.92 Å². The maximum atomic E-state index is 12.9. The zero-order valence-corrected chi connectivity index (χ0v) is 19.4. The molecule has 1 N–H and O–H groups in total. The van der Waals surface area contributed by atoms with Crippen molar-refractivity contribution in [1.82, 2.24) is 19.6 Å². The number of carbonyl (C=O) groups is 2. The van der Waals surface area contributed by atoms with Gasteiger partial charge in [-0.25, -0.2) is 4.68 Å². The van der Waals surface area contributed by atoms with Crippen molar-refractivity contribution in [3.05, 3.63) is 42.1 Å². The summed E-state index contributed by atoms with van der Waals surface area (Å²) in [6, 6.07) is 12.0. The number of anilines is 1. The number of piperazine rings is 1. The summed E-state index contributed by atoms with van der Waals surface area (Å²) in [5.74, 6) is 2.09. The lowest BCUT2D eigenvalue weighted by Crippen LogP contribution is -2.50. The van der Waals surface area contributed by atoms with E-state index >= 15 is 0 Å². The van der Waals surface area contributed by atoms with Gasteiger partial charge in [-0.1, -0.05) is 37.5 Å². The molecule has 1 aliphatic heterocycles. The zero-order chi connectivity index (χ0) is 22.6. The smallest absolute Gasteiger partial charge is 0.239 e. The molecule has 1 aromatic heterocycles. The van der Waals surface area contributed by atoms with Crippen molar-refractivity contribution < 1.29 is 9.59 Å². The Morgan fingerprint density at radius 3 is 2.36 bits per heavy atom. The Labute approximate surface area is 196 Å². The van der Waals surface area contributed by atoms with Crippen LogP contribution in [0.4, 0.5) is 5.82 Å². The molecule has 2 heterocycles.